The van der Waals surface area contributed by atoms with Gasteiger partial charge in [-0.05, 0) is 62.1 Å². The second kappa shape index (κ2) is 8.61. The van der Waals surface area contributed by atoms with Crippen LogP contribution in [0.4, 0.5) is 18.9 Å². The summed E-state index contributed by atoms with van der Waals surface area (Å²) in [7, 11) is 0. The molecule has 0 radical (unpaired) electrons. The summed E-state index contributed by atoms with van der Waals surface area (Å²) < 4.78 is 43.2. The molecule has 33 heavy (non-hydrogen) atoms. The maximum Gasteiger partial charge on any atom is 0.418 e. The molecule has 4 rings (SSSR count). The molecule has 0 spiro atoms. The van der Waals surface area contributed by atoms with Crippen molar-refractivity contribution >= 4 is 17.4 Å². The molecule has 0 aliphatic heterocycles. The third kappa shape index (κ3) is 4.69. The van der Waals surface area contributed by atoms with E-state index in [1.807, 2.05) is 0 Å². The number of benzene rings is 2. The van der Waals surface area contributed by atoms with Crippen molar-refractivity contribution in [2.24, 2.45) is 5.73 Å². The van der Waals surface area contributed by atoms with Gasteiger partial charge in [-0.15, -0.1) is 0 Å². The molecule has 0 fully saturated rings. The fourth-order valence-corrected chi connectivity index (χ4v) is 4.00. The van der Waals surface area contributed by atoms with Crippen molar-refractivity contribution in [1.29, 1.82) is 5.41 Å². The molecule has 1 aliphatic rings. The van der Waals surface area contributed by atoms with E-state index in [1.54, 1.807) is 0 Å². The van der Waals surface area contributed by atoms with Crippen LogP contribution in [0.1, 0.15) is 40.9 Å². The summed E-state index contributed by atoms with van der Waals surface area (Å²) in [6.07, 6.45) is -0.258. The van der Waals surface area contributed by atoms with Gasteiger partial charge < -0.3 is 20.7 Å². The number of nitrogens with zero attached hydrogens (tertiary/aromatic N) is 2. The zero-order valence-electron chi connectivity index (χ0n) is 17.5. The summed E-state index contributed by atoms with van der Waals surface area (Å²) in [5.74, 6) is -1.03. The number of phenols is 1. The molecule has 3 aromatic rings. The number of aromatic hydroxyl groups is 1. The topological polar surface area (TPSA) is 117 Å². The van der Waals surface area contributed by atoms with Crippen molar-refractivity contribution in [1.82, 2.24) is 9.55 Å². The Labute approximate surface area is 187 Å². The molecule has 1 heterocycles. The number of halogens is 3. The Morgan fingerprint density at radius 2 is 1.94 bits per heavy atom. The molecular formula is C23H22F3N5O2. The molecule has 0 saturated carbocycles. The third-order valence-electron chi connectivity index (χ3n) is 5.62. The number of phenolic OH excluding ortho intramolecular Hbond substituents is 1. The van der Waals surface area contributed by atoms with Crippen LogP contribution >= 0.6 is 0 Å². The molecule has 0 saturated heterocycles. The zero-order chi connectivity index (χ0) is 23.8. The van der Waals surface area contributed by atoms with Gasteiger partial charge >= 0.3 is 6.18 Å². The molecule has 7 nitrogen and oxygen atoms in total. The van der Waals surface area contributed by atoms with Gasteiger partial charge in [0.15, 0.2) is 0 Å². The number of amides is 1. The summed E-state index contributed by atoms with van der Waals surface area (Å²) in [6, 6.07) is 7.76. The van der Waals surface area contributed by atoms with Crippen molar-refractivity contribution in [2.45, 2.75) is 38.3 Å². The Hall–Kier alpha value is -3.82. The summed E-state index contributed by atoms with van der Waals surface area (Å²) in [4.78, 5) is 16.8. The normalized spacial score (nSPS) is 13.4. The number of hydrogen-bond acceptors (Lipinski definition) is 4. The number of aryl methyl sites for hydroxylation is 1. The smallest absolute Gasteiger partial charge is 0.418 e. The van der Waals surface area contributed by atoms with Crippen LogP contribution in [-0.4, -0.2) is 26.4 Å². The standard InChI is InChI=1S/C23H22F3N5O2/c24-23(25,26)16-11-15(6-7-18(16)31-12-29-17-3-1-2-4-19(17)31)30-21(33)10-14-9-13(22(27)28)5-8-20(14)32/h5-9,11-12,32H,1-4,10H2,(H3,27,28)(H,30,33). The minimum atomic E-state index is -4.64. The van der Waals surface area contributed by atoms with Crippen LogP contribution in [0.25, 0.3) is 5.69 Å². The van der Waals surface area contributed by atoms with E-state index in [4.69, 9.17) is 11.1 Å². The SMILES string of the molecule is N=C(N)c1ccc(O)c(CC(=O)Nc2ccc(-n3cnc4c3CCCC4)c(C(F)(F)F)c2)c1. The lowest BCUT2D eigenvalue weighted by atomic mass is 10.0. The Balaban J connectivity index is 1.61. The highest BCUT2D eigenvalue weighted by atomic mass is 19.4. The fraction of sp³-hybridized carbons (Fsp3) is 0.261. The first-order valence-corrected chi connectivity index (χ1v) is 10.4. The van der Waals surface area contributed by atoms with Gasteiger partial charge in [-0.25, -0.2) is 4.98 Å². The number of nitrogens with two attached hydrogens (primary N) is 1. The number of rotatable bonds is 5. The van der Waals surface area contributed by atoms with Gasteiger partial charge in [-0.2, -0.15) is 13.2 Å². The molecular weight excluding hydrogens is 435 g/mol. The number of nitrogen functional groups attached to an aromatic ring is 1. The maximum atomic E-state index is 13.9. The van der Waals surface area contributed by atoms with Gasteiger partial charge in [-0.1, -0.05) is 0 Å². The maximum absolute atomic E-state index is 13.9. The van der Waals surface area contributed by atoms with Crippen LogP contribution in [0, 0.1) is 5.41 Å². The lowest BCUT2D eigenvalue weighted by molar-refractivity contribution is -0.137. The van der Waals surface area contributed by atoms with Gasteiger partial charge in [0.25, 0.3) is 0 Å². The molecule has 172 valence electrons. The van der Waals surface area contributed by atoms with Crippen molar-refractivity contribution < 1.29 is 23.1 Å². The Kier molecular flexibility index (Phi) is 5.84. The van der Waals surface area contributed by atoms with Crippen LogP contribution in [0.3, 0.4) is 0 Å². The van der Waals surface area contributed by atoms with E-state index in [-0.39, 0.29) is 34.9 Å². The number of fused-ring (bicyclic) bond motifs is 1. The number of anilines is 1. The van der Waals surface area contributed by atoms with E-state index < -0.39 is 17.6 Å². The minimum Gasteiger partial charge on any atom is -0.508 e. The molecule has 1 aromatic heterocycles. The zero-order valence-corrected chi connectivity index (χ0v) is 17.5. The Morgan fingerprint density at radius 1 is 1.18 bits per heavy atom. The van der Waals surface area contributed by atoms with Crippen LogP contribution < -0.4 is 11.1 Å². The second-order valence-corrected chi connectivity index (χ2v) is 7.93. The average molecular weight is 457 g/mol. The Bertz CT molecular complexity index is 1230. The summed E-state index contributed by atoms with van der Waals surface area (Å²) in [5.41, 5.74) is 6.62. The Morgan fingerprint density at radius 3 is 2.67 bits per heavy atom. The van der Waals surface area contributed by atoms with Crippen LogP contribution in [0.5, 0.6) is 5.75 Å². The van der Waals surface area contributed by atoms with Crippen molar-refractivity contribution in [3.05, 3.63) is 70.8 Å². The molecule has 1 amide bonds. The van der Waals surface area contributed by atoms with Gasteiger partial charge in [0, 0.05) is 22.5 Å². The number of hydrogen-bond donors (Lipinski definition) is 4. The van der Waals surface area contributed by atoms with Crippen molar-refractivity contribution in [2.75, 3.05) is 5.32 Å². The van der Waals surface area contributed by atoms with Crippen LogP contribution in [-0.2, 0) is 30.2 Å². The predicted molar refractivity (Wildman–Crippen MR) is 117 cm³/mol. The first kappa shape index (κ1) is 22.4. The number of carbonyl (C=O) groups excluding carboxylic acids is 1. The van der Waals surface area contributed by atoms with Crippen LogP contribution in [0.2, 0.25) is 0 Å². The predicted octanol–water partition coefficient (Wildman–Crippen LogP) is 3.94. The van der Waals surface area contributed by atoms with E-state index in [0.717, 1.165) is 36.7 Å². The van der Waals surface area contributed by atoms with E-state index >= 15 is 0 Å². The highest BCUT2D eigenvalue weighted by Gasteiger charge is 2.35. The first-order valence-electron chi connectivity index (χ1n) is 10.4. The lowest BCUT2D eigenvalue weighted by Gasteiger charge is -2.19. The average Bonchev–Trinajstić information content (AvgIpc) is 3.18. The van der Waals surface area contributed by atoms with Gasteiger partial charge in [0.1, 0.15) is 11.6 Å². The molecule has 0 unspecified atom stereocenters. The number of nitrogens with one attached hydrogen (secondary N) is 2. The molecule has 5 N–H and O–H groups in total. The molecule has 0 bridgehead atoms. The van der Waals surface area contributed by atoms with Crippen LogP contribution in [0.15, 0.2) is 42.7 Å². The highest BCUT2D eigenvalue weighted by molar-refractivity contribution is 5.96. The van der Waals surface area contributed by atoms with E-state index in [1.165, 1.54) is 41.2 Å². The summed E-state index contributed by atoms with van der Waals surface area (Å²) in [5, 5.41) is 19.9. The molecule has 0 atom stereocenters. The second-order valence-electron chi connectivity index (χ2n) is 7.93. The summed E-state index contributed by atoms with van der Waals surface area (Å²) >= 11 is 0. The lowest BCUT2D eigenvalue weighted by Crippen LogP contribution is -2.18. The molecule has 2 aromatic carbocycles. The highest BCUT2D eigenvalue weighted by Crippen LogP contribution is 2.37. The summed E-state index contributed by atoms with van der Waals surface area (Å²) in [6.45, 7) is 0. The van der Waals surface area contributed by atoms with E-state index in [2.05, 4.69) is 10.3 Å². The van der Waals surface area contributed by atoms with Crippen molar-refractivity contribution in [3.63, 3.8) is 0 Å². The minimum absolute atomic E-state index is 0.0210. The third-order valence-corrected chi connectivity index (χ3v) is 5.62. The number of alkyl halides is 3. The number of aromatic nitrogens is 2. The van der Waals surface area contributed by atoms with Gasteiger partial charge in [0.05, 0.1) is 29.7 Å². The quantitative estimate of drug-likeness (QED) is 0.343. The first-order chi connectivity index (χ1) is 15.6. The monoisotopic (exact) mass is 457 g/mol. The van der Waals surface area contributed by atoms with E-state index in [9.17, 15) is 23.1 Å². The number of carbonyl (C=O) groups is 1. The molecule has 10 heteroatoms. The largest absolute Gasteiger partial charge is 0.508 e. The van der Waals surface area contributed by atoms with Gasteiger partial charge in [0.2, 0.25) is 5.91 Å². The van der Waals surface area contributed by atoms with E-state index in [0.29, 0.717) is 12.0 Å². The van der Waals surface area contributed by atoms with Gasteiger partial charge in [-0.3, -0.25) is 10.2 Å². The van der Waals surface area contributed by atoms with Crippen molar-refractivity contribution in [3.8, 4) is 11.4 Å². The molecule has 1 aliphatic carbocycles. The fourth-order valence-electron chi connectivity index (χ4n) is 4.00. The number of amidine groups is 1. The number of imidazole rings is 1.